The van der Waals surface area contributed by atoms with Crippen molar-refractivity contribution in [2.45, 2.75) is 45.2 Å². The Kier molecular flexibility index (Phi) is 6.35. The molecule has 7 heteroatoms. The molecule has 1 aliphatic rings. The van der Waals surface area contributed by atoms with Crippen LogP contribution in [0.2, 0.25) is 10.0 Å². The van der Waals surface area contributed by atoms with Gasteiger partial charge in [-0.15, -0.1) is 0 Å². The van der Waals surface area contributed by atoms with Crippen molar-refractivity contribution in [2.75, 3.05) is 13.7 Å². The van der Waals surface area contributed by atoms with Gasteiger partial charge in [-0.3, -0.25) is 4.79 Å². The van der Waals surface area contributed by atoms with E-state index in [9.17, 15) is 9.59 Å². The molecule has 0 aliphatic carbocycles. The summed E-state index contributed by atoms with van der Waals surface area (Å²) >= 11 is 12.0. The van der Waals surface area contributed by atoms with E-state index in [1.165, 1.54) is 19.2 Å². The summed E-state index contributed by atoms with van der Waals surface area (Å²) in [5.41, 5.74) is 0.179. The van der Waals surface area contributed by atoms with E-state index in [0.717, 1.165) is 19.3 Å². The van der Waals surface area contributed by atoms with E-state index in [1.54, 1.807) is 4.90 Å². The number of nitrogens with zero attached hydrogens (tertiary/aromatic N) is 1. The highest BCUT2D eigenvalue weighted by atomic mass is 35.5. The van der Waals surface area contributed by atoms with Crippen molar-refractivity contribution >= 4 is 35.1 Å². The molecule has 0 spiro atoms. The molecule has 1 heterocycles. The van der Waals surface area contributed by atoms with Gasteiger partial charge in [0, 0.05) is 12.1 Å². The standard InChI is InChI=1S/C17H21Cl2NO4/c1-10-5-4-6-11(2)20(10)15(21)9-24-17(22)12-7-13(18)16(23-3)14(19)8-12/h7-8,10-11H,4-6,9H2,1-3H3/t10-,11+. The van der Waals surface area contributed by atoms with Gasteiger partial charge in [-0.05, 0) is 45.2 Å². The maximum Gasteiger partial charge on any atom is 0.338 e. The molecule has 0 N–H and O–H groups in total. The van der Waals surface area contributed by atoms with E-state index in [0.29, 0.717) is 5.75 Å². The van der Waals surface area contributed by atoms with Crippen LogP contribution in [0.3, 0.4) is 0 Å². The molecule has 0 radical (unpaired) electrons. The van der Waals surface area contributed by atoms with Gasteiger partial charge in [0.15, 0.2) is 12.4 Å². The summed E-state index contributed by atoms with van der Waals surface area (Å²) in [4.78, 5) is 26.3. The highest BCUT2D eigenvalue weighted by Crippen LogP contribution is 2.34. The van der Waals surface area contributed by atoms with Gasteiger partial charge in [0.1, 0.15) is 0 Å². The largest absolute Gasteiger partial charge is 0.494 e. The molecule has 1 amide bonds. The number of piperidine rings is 1. The van der Waals surface area contributed by atoms with Crippen LogP contribution in [0, 0.1) is 0 Å². The molecule has 0 aromatic heterocycles. The third kappa shape index (κ3) is 4.14. The van der Waals surface area contributed by atoms with Crippen LogP contribution in [0.25, 0.3) is 0 Å². The second-order valence-electron chi connectivity index (χ2n) is 5.98. The second-order valence-corrected chi connectivity index (χ2v) is 6.79. The van der Waals surface area contributed by atoms with Crippen molar-refractivity contribution in [3.8, 4) is 5.75 Å². The van der Waals surface area contributed by atoms with E-state index < -0.39 is 5.97 Å². The lowest BCUT2D eigenvalue weighted by molar-refractivity contribution is -0.140. The first-order valence-corrected chi connectivity index (χ1v) is 8.62. The van der Waals surface area contributed by atoms with Gasteiger partial charge in [0.25, 0.3) is 5.91 Å². The van der Waals surface area contributed by atoms with Gasteiger partial charge < -0.3 is 14.4 Å². The highest BCUT2D eigenvalue weighted by Gasteiger charge is 2.29. The van der Waals surface area contributed by atoms with E-state index in [1.807, 2.05) is 13.8 Å². The summed E-state index contributed by atoms with van der Waals surface area (Å²) in [5, 5.41) is 0.420. The van der Waals surface area contributed by atoms with Crippen LogP contribution in [0.5, 0.6) is 5.75 Å². The molecular weight excluding hydrogens is 353 g/mol. The summed E-state index contributed by atoms with van der Waals surface area (Å²) in [6.45, 7) is 3.73. The van der Waals surface area contributed by atoms with Crippen molar-refractivity contribution < 1.29 is 19.1 Å². The highest BCUT2D eigenvalue weighted by molar-refractivity contribution is 6.37. The summed E-state index contributed by atoms with van der Waals surface area (Å²) < 4.78 is 10.2. The number of amides is 1. The zero-order valence-electron chi connectivity index (χ0n) is 14.0. The molecule has 1 aromatic carbocycles. The lowest BCUT2D eigenvalue weighted by atomic mass is 9.97. The minimum atomic E-state index is -0.646. The van der Waals surface area contributed by atoms with Crippen molar-refractivity contribution in [1.29, 1.82) is 0 Å². The van der Waals surface area contributed by atoms with E-state index in [4.69, 9.17) is 32.7 Å². The lowest BCUT2D eigenvalue weighted by Gasteiger charge is -2.38. The maximum atomic E-state index is 12.4. The Morgan fingerprint density at radius 1 is 1.17 bits per heavy atom. The molecular formula is C17H21Cl2NO4. The Labute approximate surface area is 151 Å². The van der Waals surface area contributed by atoms with Crippen LogP contribution >= 0.6 is 23.2 Å². The van der Waals surface area contributed by atoms with E-state index in [-0.39, 0.29) is 40.2 Å². The number of benzene rings is 1. The van der Waals surface area contributed by atoms with Gasteiger partial charge in [-0.1, -0.05) is 23.2 Å². The van der Waals surface area contributed by atoms with E-state index in [2.05, 4.69) is 0 Å². The molecule has 0 unspecified atom stereocenters. The van der Waals surface area contributed by atoms with Gasteiger partial charge in [-0.2, -0.15) is 0 Å². The topological polar surface area (TPSA) is 55.8 Å². The number of halogens is 2. The Balaban J connectivity index is 2.01. The molecule has 1 saturated heterocycles. The molecule has 0 saturated carbocycles. The van der Waals surface area contributed by atoms with Crippen LogP contribution < -0.4 is 4.74 Å². The Hall–Kier alpha value is -1.46. The van der Waals surface area contributed by atoms with Crippen LogP contribution in [0.1, 0.15) is 43.5 Å². The van der Waals surface area contributed by atoms with Crippen LogP contribution in [0.15, 0.2) is 12.1 Å². The Morgan fingerprint density at radius 3 is 2.21 bits per heavy atom. The predicted octanol–water partition coefficient (Wildman–Crippen LogP) is 3.95. The fourth-order valence-electron chi connectivity index (χ4n) is 3.07. The molecule has 1 aliphatic heterocycles. The van der Waals surface area contributed by atoms with Gasteiger partial charge in [0.05, 0.1) is 22.7 Å². The summed E-state index contributed by atoms with van der Waals surface area (Å²) in [6, 6.07) is 3.13. The SMILES string of the molecule is COc1c(Cl)cc(C(=O)OCC(=O)N2[C@H](C)CCC[C@@H]2C)cc1Cl. The molecule has 1 fully saturated rings. The number of ether oxygens (including phenoxy) is 2. The zero-order chi connectivity index (χ0) is 17.9. The average Bonchev–Trinajstić information content (AvgIpc) is 2.52. The van der Waals surface area contributed by atoms with Crippen LogP contribution in [-0.2, 0) is 9.53 Å². The molecule has 1 aromatic rings. The molecule has 2 atom stereocenters. The number of hydrogen-bond donors (Lipinski definition) is 0. The number of carbonyl (C=O) groups excluding carboxylic acids is 2. The fraction of sp³-hybridized carbons (Fsp3) is 0.529. The minimum Gasteiger partial charge on any atom is -0.494 e. The first-order chi connectivity index (χ1) is 11.3. The average molecular weight is 374 g/mol. The maximum absolute atomic E-state index is 12.4. The molecule has 24 heavy (non-hydrogen) atoms. The first-order valence-electron chi connectivity index (χ1n) is 7.86. The zero-order valence-corrected chi connectivity index (χ0v) is 15.5. The van der Waals surface area contributed by atoms with Gasteiger partial charge in [0.2, 0.25) is 0 Å². The number of likely N-dealkylation sites (tertiary alicyclic amines) is 1. The quantitative estimate of drug-likeness (QED) is 0.749. The smallest absolute Gasteiger partial charge is 0.338 e. The van der Waals surface area contributed by atoms with Crippen molar-refractivity contribution in [3.05, 3.63) is 27.7 Å². The third-order valence-electron chi connectivity index (χ3n) is 4.25. The summed E-state index contributed by atoms with van der Waals surface area (Å²) in [6.07, 6.45) is 3.04. The van der Waals surface area contributed by atoms with Gasteiger partial charge >= 0.3 is 5.97 Å². The van der Waals surface area contributed by atoms with Crippen molar-refractivity contribution in [1.82, 2.24) is 4.90 Å². The molecule has 132 valence electrons. The van der Waals surface area contributed by atoms with Crippen LogP contribution in [-0.4, -0.2) is 42.6 Å². The number of methoxy groups -OCH3 is 1. The van der Waals surface area contributed by atoms with Crippen molar-refractivity contribution in [2.24, 2.45) is 0 Å². The number of rotatable bonds is 4. The normalized spacial score (nSPS) is 20.6. The first kappa shape index (κ1) is 18.9. The van der Waals surface area contributed by atoms with Crippen LogP contribution in [0.4, 0.5) is 0 Å². The Bertz CT molecular complexity index is 602. The lowest BCUT2D eigenvalue weighted by Crippen LogP contribution is -2.49. The number of hydrogen-bond acceptors (Lipinski definition) is 4. The minimum absolute atomic E-state index is 0.157. The summed E-state index contributed by atoms with van der Waals surface area (Å²) in [5.74, 6) is -0.539. The second kappa shape index (κ2) is 8.08. The fourth-order valence-corrected chi connectivity index (χ4v) is 3.71. The third-order valence-corrected chi connectivity index (χ3v) is 4.81. The molecule has 0 bridgehead atoms. The van der Waals surface area contributed by atoms with Gasteiger partial charge in [-0.25, -0.2) is 4.79 Å². The van der Waals surface area contributed by atoms with E-state index >= 15 is 0 Å². The monoisotopic (exact) mass is 373 g/mol. The predicted molar refractivity (Wildman–Crippen MR) is 92.9 cm³/mol. The number of carbonyl (C=O) groups is 2. The molecule has 5 nitrogen and oxygen atoms in total. The van der Waals surface area contributed by atoms with Crippen molar-refractivity contribution in [3.63, 3.8) is 0 Å². The Morgan fingerprint density at radius 2 is 1.71 bits per heavy atom. The molecule has 2 rings (SSSR count). The summed E-state index contributed by atoms with van der Waals surface area (Å²) in [7, 11) is 1.44. The number of esters is 1.